The highest BCUT2D eigenvalue weighted by atomic mass is 35.5. The summed E-state index contributed by atoms with van der Waals surface area (Å²) in [7, 11) is 0. The fraction of sp³-hybridized carbons (Fsp3) is 0.130. The average molecular weight is 519 g/mol. The lowest BCUT2D eigenvalue weighted by Crippen LogP contribution is -2.37. The van der Waals surface area contributed by atoms with Crippen LogP contribution in [0.25, 0.3) is 0 Å². The van der Waals surface area contributed by atoms with E-state index in [1.807, 2.05) is 0 Å². The van der Waals surface area contributed by atoms with Gasteiger partial charge in [0.1, 0.15) is 5.92 Å². The second-order valence-electron chi connectivity index (χ2n) is 7.73. The molecule has 0 radical (unpaired) electrons. The van der Waals surface area contributed by atoms with Crippen molar-refractivity contribution in [1.29, 1.82) is 0 Å². The Bertz CT molecular complexity index is 1350. The monoisotopic (exact) mass is 517 g/mol. The Morgan fingerprint density at radius 3 is 2.29 bits per heavy atom. The Morgan fingerprint density at radius 1 is 0.824 bits per heavy atom. The molecule has 2 aliphatic heterocycles. The molecular weight excluding hydrogens is 505 g/mol. The van der Waals surface area contributed by atoms with Gasteiger partial charge in [-0.05, 0) is 35.9 Å². The molecule has 3 atom stereocenters. The maximum absolute atomic E-state index is 13.6. The van der Waals surface area contributed by atoms with Crippen molar-refractivity contribution in [2.75, 3.05) is 9.96 Å². The van der Waals surface area contributed by atoms with Crippen LogP contribution in [0.5, 0.6) is 0 Å². The number of imide groups is 1. The van der Waals surface area contributed by atoms with Gasteiger partial charge < -0.3 is 0 Å². The summed E-state index contributed by atoms with van der Waals surface area (Å²) in [5.41, 5.74) is 0.962. The van der Waals surface area contributed by atoms with Gasteiger partial charge in [0.05, 0.1) is 32.4 Å². The Kier molecular flexibility index (Phi) is 5.69. The zero-order valence-electron chi connectivity index (χ0n) is 17.1. The summed E-state index contributed by atoms with van der Waals surface area (Å²) in [4.78, 5) is 44.8. The van der Waals surface area contributed by atoms with E-state index in [-0.39, 0.29) is 21.4 Å². The standard InChI is InChI=1S/C23H14Cl3N3O5/c24-16-7-2-1-6-15(16)20-19-21(34-28(20)13-4-3-5-14(10-13)29(32)33)23(31)27(22(19)30)12-8-9-17(25)18(26)11-12/h1-11,19-21H/t19-,20+,21-/m0/s1. The number of hydrogen-bond donors (Lipinski definition) is 0. The van der Waals surface area contributed by atoms with Crippen molar-refractivity contribution in [2.24, 2.45) is 5.92 Å². The number of non-ortho nitro benzene ring substituents is 1. The SMILES string of the molecule is O=C1[C@@H]2[C@H](ON(c3cccc([N+](=O)[O-])c3)[C@@H]2c2ccccc2Cl)C(=O)N1c1ccc(Cl)c(Cl)c1. The van der Waals surface area contributed by atoms with E-state index in [0.717, 1.165) is 4.90 Å². The Labute approximate surface area is 208 Å². The van der Waals surface area contributed by atoms with Crippen LogP contribution in [0.1, 0.15) is 11.6 Å². The van der Waals surface area contributed by atoms with E-state index in [2.05, 4.69) is 0 Å². The van der Waals surface area contributed by atoms with Crippen molar-refractivity contribution in [3.05, 3.63) is 97.5 Å². The number of nitro groups is 1. The normalized spacial score (nSPS) is 21.8. The minimum absolute atomic E-state index is 0.161. The Balaban J connectivity index is 1.61. The van der Waals surface area contributed by atoms with Gasteiger partial charge in [-0.3, -0.25) is 24.5 Å². The number of carbonyl (C=O) groups is 2. The van der Waals surface area contributed by atoms with Gasteiger partial charge in [0.25, 0.3) is 11.6 Å². The number of anilines is 2. The molecule has 2 saturated heterocycles. The lowest BCUT2D eigenvalue weighted by molar-refractivity contribution is -0.384. The van der Waals surface area contributed by atoms with Crippen LogP contribution in [0.2, 0.25) is 15.1 Å². The molecule has 5 rings (SSSR count). The number of fused-ring (bicyclic) bond motifs is 1. The molecule has 34 heavy (non-hydrogen) atoms. The van der Waals surface area contributed by atoms with Crippen molar-refractivity contribution in [3.63, 3.8) is 0 Å². The van der Waals surface area contributed by atoms with E-state index >= 15 is 0 Å². The zero-order chi connectivity index (χ0) is 24.1. The summed E-state index contributed by atoms with van der Waals surface area (Å²) < 4.78 is 0. The van der Waals surface area contributed by atoms with Crippen LogP contribution in [0.3, 0.4) is 0 Å². The molecule has 2 amide bonds. The first-order valence-electron chi connectivity index (χ1n) is 10.1. The predicted molar refractivity (Wildman–Crippen MR) is 127 cm³/mol. The molecular formula is C23H14Cl3N3O5. The van der Waals surface area contributed by atoms with Crippen molar-refractivity contribution in [2.45, 2.75) is 12.1 Å². The Hall–Kier alpha value is -3.17. The van der Waals surface area contributed by atoms with Crippen molar-refractivity contribution >= 4 is 63.7 Å². The molecule has 0 unspecified atom stereocenters. The molecule has 0 aromatic heterocycles. The number of nitrogens with zero attached hydrogens (tertiary/aromatic N) is 3. The number of amides is 2. The summed E-state index contributed by atoms with van der Waals surface area (Å²) in [5.74, 6) is -2.05. The summed E-state index contributed by atoms with van der Waals surface area (Å²) in [6.45, 7) is 0. The predicted octanol–water partition coefficient (Wildman–Crippen LogP) is 5.61. The third kappa shape index (κ3) is 3.59. The van der Waals surface area contributed by atoms with Gasteiger partial charge in [0.2, 0.25) is 5.91 Å². The molecule has 0 N–H and O–H groups in total. The molecule has 3 aromatic rings. The summed E-state index contributed by atoms with van der Waals surface area (Å²) in [6.07, 6.45) is -1.16. The van der Waals surface area contributed by atoms with Crippen molar-refractivity contribution in [1.82, 2.24) is 0 Å². The first-order valence-corrected chi connectivity index (χ1v) is 11.2. The van der Waals surface area contributed by atoms with E-state index in [4.69, 9.17) is 39.6 Å². The highest BCUT2D eigenvalue weighted by Crippen LogP contribution is 2.49. The summed E-state index contributed by atoms with van der Waals surface area (Å²) in [5, 5.41) is 13.5. The first kappa shape index (κ1) is 22.6. The highest BCUT2D eigenvalue weighted by Gasteiger charge is 2.60. The highest BCUT2D eigenvalue weighted by molar-refractivity contribution is 6.42. The molecule has 2 aliphatic rings. The molecule has 0 bridgehead atoms. The van der Waals surface area contributed by atoms with Gasteiger partial charge in [0.15, 0.2) is 6.10 Å². The molecule has 2 fully saturated rings. The van der Waals surface area contributed by atoms with Crippen LogP contribution in [0, 0.1) is 16.0 Å². The number of hydrogen-bond acceptors (Lipinski definition) is 6. The van der Waals surface area contributed by atoms with Crippen LogP contribution >= 0.6 is 34.8 Å². The summed E-state index contributed by atoms with van der Waals surface area (Å²) >= 11 is 18.6. The zero-order valence-corrected chi connectivity index (χ0v) is 19.4. The largest absolute Gasteiger partial charge is 0.273 e. The quantitative estimate of drug-likeness (QED) is 0.253. The van der Waals surface area contributed by atoms with Gasteiger partial charge in [-0.1, -0.05) is 59.1 Å². The van der Waals surface area contributed by atoms with Crippen LogP contribution in [-0.2, 0) is 14.4 Å². The van der Waals surface area contributed by atoms with Gasteiger partial charge in [-0.25, -0.2) is 9.96 Å². The van der Waals surface area contributed by atoms with Gasteiger partial charge in [-0.15, -0.1) is 0 Å². The first-order chi connectivity index (χ1) is 16.3. The molecule has 0 aliphatic carbocycles. The maximum Gasteiger partial charge on any atom is 0.271 e. The Morgan fingerprint density at radius 2 is 1.59 bits per heavy atom. The van der Waals surface area contributed by atoms with Gasteiger partial charge >= 0.3 is 0 Å². The molecule has 172 valence electrons. The number of carbonyl (C=O) groups excluding carboxylic acids is 2. The van der Waals surface area contributed by atoms with Crippen LogP contribution in [0.15, 0.2) is 66.7 Å². The maximum atomic E-state index is 13.6. The van der Waals surface area contributed by atoms with Crippen LogP contribution < -0.4 is 9.96 Å². The van der Waals surface area contributed by atoms with E-state index in [0.29, 0.717) is 16.3 Å². The number of hydroxylamine groups is 1. The molecule has 8 nitrogen and oxygen atoms in total. The fourth-order valence-electron chi connectivity index (χ4n) is 4.29. The minimum Gasteiger partial charge on any atom is -0.273 e. The molecule has 3 aromatic carbocycles. The second-order valence-corrected chi connectivity index (χ2v) is 8.95. The average Bonchev–Trinajstić information content (AvgIpc) is 3.32. The number of nitro benzene ring substituents is 1. The van der Waals surface area contributed by atoms with Crippen molar-refractivity contribution in [3.8, 4) is 0 Å². The van der Waals surface area contributed by atoms with E-state index in [1.165, 1.54) is 41.5 Å². The van der Waals surface area contributed by atoms with E-state index in [1.54, 1.807) is 30.3 Å². The molecule has 0 spiro atoms. The molecule has 0 saturated carbocycles. The third-order valence-corrected chi connectivity index (χ3v) is 6.88. The third-order valence-electron chi connectivity index (χ3n) is 5.80. The van der Waals surface area contributed by atoms with E-state index < -0.39 is 34.8 Å². The number of rotatable bonds is 4. The van der Waals surface area contributed by atoms with Crippen LogP contribution in [0.4, 0.5) is 17.1 Å². The topological polar surface area (TPSA) is 93.0 Å². The second kappa shape index (κ2) is 8.56. The van der Waals surface area contributed by atoms with Gasteiger partial charge in [0, 0.05) is 17.2 Å². The van der Waals surface area contributed by atoms with Crippen molar-refractivity contribution < 1.29 is 19.3 Å². The number of halogens is 3. The fourth-order valence-corrected chi connectivity index (χ4v) is 4.83. The summed E-state index contributed by atoms with van der Waals surface area (Å²) in [6, 6.07) is 16.3. The van der Waals surface area contributed by atoms with Crippen LogP contribution in [-0.4, -0.2) is 22.8 Å². The number of benzene rings is 3. The lowest BCUT2D eigenvalue weighted by Gasteiger charge is -2.29. The van der Waals surface area contributed by atoms with E-state index in [9.17, 15) is 19.7 Å². The lowest BCUT2D eigenvalue weighted by atomic mass is 9.90. The molecule has 2 heterocycles. The van der Waals surface area contributed by atoms with Gasteiger partial charge in [-0.2, -0.15) is 0 Å². The minimum atomic E-state index is -1.16. The molecule has 11 heteroatoms. The smallest absolute Gasteiger partial charge is 0.271 e.